The van der Waals surface area contributed by atoms with E-state index in [1.54, 1.807) is 5.43 Å². The summed E-state index contributed by atoms with van der Waals surface area (Å²) in [5, 5.41) is 25.7. The summed E-state index contributed by atoms with van der Waals surface area (Å²) >= 11 is 0. The number of carbonyl (C=O) groups excluding carboxylic acids is 2. The quantitative estimate of drug-likeness (QED) is 0.0168. The number of hydrogen-bond acceptors (Lipinski definition) is 5. The van der Waals surface area contributed by atoms with Gasteiger partial charge in [0, 0.05) is 19.5 Å². The van der Waals surface area contributed by atoms with Gasteiger partial charge in [0.2, 0.25) is 11.8 Å². The number of hydrazine groups is 1. The molecule has 0 bridgehead atoms. The van der Waals surface area contributed by atoms with E-state index in [4.69, 9.17) is 5.41 Å². The Hall–Kier alpha value is -2.39. The zero-order chi connectivity index (χ0) is 32.5. The predicted molar refractivity (Wildman–Crippen MR) is 182 cm³/mol. The first-order valence-corrected chi connectivity index (χ1v) is 18.2. The monoisotopic (exact) mass is 625 g/mol. The predicted octanol–water partition coefficient (Wildman–Crippen LogP) is 8.08. The molecule has 0 heterocycles. The normalized spacial score (nSPS) is 11.6. The SMILES string of the molecule is CCCCCCCCCCCCCCCC(=O)NC(CCCNC(=N)N[N+](=O)[O-])C(=O)NCCCCCCCCCCCC. The van der Waals surface area contributed by atoms with Gasteiger partial charge in [0.25, 0.3) is 5.96 Å². The molecule has 10 nitrogen and oxygen atoms in total. The Labute approximate surface area is 269 Å². The molecule has 2 amide bonds. The first-order valence-electron chi connectivity index (χ1n) is 18.2. The summed E-state index contributed by atoms with van der Waals surface area (Å²) in [7, 11) is 0. The van der Waals surface area contributed by atoms with Crippen molar-refractivity contribution in [3.8, 4) is 0 Å². The zero-order valence-corrected chi connectivity index (χ0v) is 28.5. The molecule has 0 spiro atoms. The summed E-state index contributed by atoms with van der Waals surface area (Å²) in [6, 6.07) is -0.646. The number of nitrogens with one attached hydrogen (secondary N) is 5. The van der Waals surface area contributed by atoms with E-state index in [0.29, 0.717) is 25.8 Å². The smallest absolute Gasteiger partial charge is 0.251 e. The van der Waals surface area contributed by atoms with Crippen LogP contribution in [0.3, 0.4) is 0 Å². The van der Waals surface area contributed by atoms with E-state index >= 15 is 0 Å². The molecular formula is C34H68N6O4. The maximum absolute atomic E-state index is 12.9. The van der Waals surface area contributed by atoms with Crippen molar-refractivity contribution in [2.45, 2.75) is 187 Å². The highest BCUT2D eigenvalue weighted by molar-refractivity contribution is 5.87. The van der Waals surface area contributed by atoms with Gasteiger partial charge in [0.15, 0.2) is 5.03 Å². The molecule has 5 N–H and O–H groups in total. The fourth-order valence-corrected chi connectivity index (χ4v) is 5.44. The number of unbranched alkanes of at least 4 members (excludes halogenated alkanes) is 21. The van der Waals surface area contributed by atoms with Crippen LogP contribution in [-0.4, -0.2) is 41.9 Å². The molecule has 10 heteroatoms. The number of nitro groups is 1. The van der Waals surface area contributed by atoms with Crippen LogP contribution in [0.4, 0.5) is 0 Å². The fourth-order valence-electron chi connectivity index (χ4n) is 5.44. The molecule has 0 aliphatic heterocycles. The minimum absolute atomic E-state index is 0.108. The van der Waals surface area contributed by atoms with Gasteiger partial charge in [-0.05, 0) is 25.7 Å². The number of carbonyl (C=O) groups is 2. The van der Waals surface area contributed by atoms with Crippen LogP contribution in [0, 0.1) is 15.5 Å². The topological polar surface area (TPSA) is 149 Å². The summed E-state index contributed by atoms with van der Waals surface area (Å²) in [5.74, 6) is -0.690. The van der Waals surface area contributed by atoms with Crippen molar-refractivity contribution in [2.75, 3.05) is 13.1 Å². The molecule has 0 aliphatic rings. The van der Waals surface area contributed by atoms with Crippen LogP contribution in [0.2, 0.25) is 0 Å². The third kappa shape index (κ3) is 29.7. The van der Waals surface area contributed by atoms with Gasteiger partial charge in [-0.15, -0.1) is 0 Å². The van der Waals surface area contributed by atoms with E-state index in [1.807, 2.05) is 0 Å². The molecule has 0 rings (SSSR count). The van der Waals surface area contributed by atoms with Crippen LogP contribution in [-0.2, 0) is 9.59 Å². The van der Waals surface area contributed by atoms with E-state index in [-0.39, 0.29) is 18.4 Å². The fraction of sp³-hybridized carbons (Fsp3) is 0.912. The van der Waals surface area contributed by atoms with Crippen molar-refractivity contribution < 1.29 is 14.6 Å². The number of guanidine groups is 1. The van der Waals surface area contributed by atoms with Gasteiger partial charge < -0.3 is 16.0 Å². The number of nitrogens with zero attached hydrogens (tertiary/aromatic N) is 1. The standard InChI is InChI=1S/C34H68N6O4/c1-3-5-7-9-11-13-15-16-17-18-20-22-24-28-32(41)38-31(27-26-30-37-34(35)39-40(43)44)33(42)36-29-25-23-21-19-14-12-10-8-6-4-2/h31H,3-30H2,1-2H3,(H,36,42)(H,38,41)(H3,35,37,39). The van der Waals surface area contributed by atoms with Crippen LogP contribution in [0.1, 0.15) is 181 Å². The molecule has 44 heavy (non-hydrogen) atoms. The molecule has 0 aliphatic carbocycles. The van der Waals surface area contributed by atoms with E-state index in [0.717, 1.165) is 32.1 Å². The Morgan fingerprint density at radius 1 is 0.614 bits per heavy atom. The highest BCUT2D eigenvalue weighted by atomic mass is 16.7. The van der Waals surface area contributed by atoms with Crippen LogP contribution >= 0.6 is 0 Å². The van der Waals surface area contributed by atoms with E-state index in [9.17, 15) is 19.7 Å². The molecule has 0 aromatic carbocycles. The van der Waals surface area contributed by atoms with Gasteiger partial charge in [0.05, 0.1) is 0 Å². The molecule has 0 saturated heterocycles. The van der Waals surface area contributed by atoms with Crippen molar-refractivity contribution >= 4 is 17.8 Å². The summed E-state index contributed by atoms with van der Waals surface area (Å²) in [6.07, 6.45) is 29.8. The van der Waals surface area contributed by atoms with Crippen molar-refractivity contribution in [3.63, 3.8) is 0 Å². The first-order chi connectivity index (χ1) is 21.4. The number of rotatable bonds is 32. The lowest BCUT2D eigenvalue weighted by Crippen LogP contribution is -2.47. The second kappa shape index (κ2) is 32.0. The molecule has 0 aromatic rings. The lowest BCUT2D eigenvalue weighted by atomic mass is 10.0. The van der Waals surface area contributed by atoms with E-state index in [2.05, 4.69) is 29.8 Å². The first kappa shape index (κ1) is 41.6. The molecular weight excluding hydrogens is 556 g/mol. The van der Waals surface area contributed by atoms with Gasteiger partial charge in [0.1, 0.15) is 6.04 Å². The Morgan fingerprint density at radius 3 is 1.48 bits per heavy atom. The minimum Gasteiger partial charge on any atom is -0.354 e. The molecule has 0 aromatic heterocycles. The van der Waals surface area contributed by atoms with E-state index < -0.39 is 17.0 Å². The summed E-state index contributed by atoms with van der Waals surface area (Å²) in [4.78, 5) is 36.0. The lowest BCUT2D eigenvalue weighted by Gasteiger charge is -2.19. The molecule has 258 valence electrons. The highest BCUT2D eigenvalue weighted by Crippen LogP contribution is 2.13. The van der Waals surface area contributed by atoms with E-state index in [1.165, 1.54) is 116 Å². The second-order valence-electron chi connectivity index (χ2n) is 12.4. The van der Waals surface area contributed by atoms with Gasteiger partial charge in [-0.3, -0.25) is 15.0 Å². The van der Waals surface area contributed by atoms with Crippen molar-refractivity contribution in [1.29, 1.82) is 5.41 Å². The third-order valence-electron chi connectivity index (χ3n) is 8.16. The molecule has 1 atom stereocenters. The van der Waals surface area contributed by atoms with Crippen LogP contribution in [0.25, 0.3) is 0 Å². The van der Waals surface area contributed by atoms with Gasteiger partial charge in [-0.2, -0.15) is 0 Å². The second-order valence-corrected chi connectivity index (χ2v) is 12.4. The number of hydrogen-bond donors (Lipinski definition) is 5. The highest BCUT2D eigenvalue weighted by Gasteiger charge is 2.20. The van der Waals surface area contributed by atoms with Crippen LogP contribution < -0.4 is 21.4 Å². The van der Waals surface area contributed by atoms with Crippen molar-refractivity contribution in [3.05, 3.63) is 10.1 Å². The van der Waals surface area contributed by atoms with Gasteiger partial charge >= 0.3 is 0 Å². The molecule has 0 saturated carbocycles. The minimum atomic E-state index is -0.796. The molecule has 0 radical (unpaired) electrons. The Kier molecular flexibility index (Phi) is 30.3. The van der Waals surface area contributed by atoms with Gasteiger partial charge in [-0.25, -0.2) is 10.1 Å². The summed E-state index contributed by atoms with van der Waals surface area (Å²) < 4.78 is 0. The Bertz CT molecular complexity index is 722. The van der Waals surface area contributed by atoms with Crippen molar-refractivity contribution in [2.24, 2.45) is 0 Å². The van der Waals surface area contributed by atoms with Gasteiger partial charge in [-0.1, -0.05) is 154 Å². The largest absolute Gasteiger partial charge is 0.354 e. The summed E-state index contributed by atoms with van der Waals surface area (Å²) in [5.41, 5.74) is 1.75. The molecule has 1 unspecified atom stereocenters. The average Bonchev–Trinajstić information content (AvgIpc) is 2.99. The summed E-state index contributed by atoms with van der Waals surface area (Å²) in [6.45, 7) is 5.37. The van der Waals surface area contributed by atoms with Crippen molar-refractivity contribution in [1.82, 2.24) is 21.4 Å². The maximum atomic E-state index is 12.9. The zero-order valence-electron chi connectivity index (χ0n) is 28.5. The molecule has 0 fully saturated rings. The van der Waals surface area contributed by atoms with Crippen LogP contribution in [0.15, 0.2) is 0 Å². The maximum Gasteiger partial charge on any atom is 0.251 e. The Morgan fingerprint density at radius 2 is 1.02 bits per heavy atom. The Balaban J connectivity index is 4.23. The lowest BCUT2D eigenvalue weighted by molar-refractivity contribution is -0.525. The third-order valence-corrected chi connectivity index (χ3v) is 8.16. The number of amides is 2. The average molecular weight is 625 g/mol. The van der Waals surface area contributed by atoms with Crippen LogP contribution in [0.5, 0.6) is 0 Å².